The Morgan fingerprint density at radius 2 is 1.65 bits per heavy atom. The molecule has 1 heterocycles. The zero-order valence-corrected chi connectivity index (χ0v) is 12.0. The van der Waals surface area contributed by atoms with E-state index in [4.69, 9.17) is 0 Å². The second kappa shape index (κ2) is 5.46. The lowest BCUT2D eigenvalue weighted by Gasteiger charge is -2.11. The normalized spacial score (nSPS) is 11.2. The van der Waals surface area contributed by atoms with E-state index >= 15 is 0 Å². The van der Waals surface area contributed by atoms with Crippen molar-refractivity contribution in [1.29, 1.82) is 0 Å². The van der Waals surface area contributed by atoms with Crippen LogP contribution in [-0.4, -0.2) is 4.98 Å². The molecule has 20 heavy (non-hydrogen) atoms. The number of nitrogens with zero attached hydrogens (tertiary/aromatic N) is 1. The molecule has 0 spiro atoms. The highest BCUT2D eigenvalue weighted by molar-refractivity contribution is 5.96. The molecule has 0 saturated carbocycles. The van der Waals surface area contributed by atoms with E-state index in [9.17, 15) is 0 Å². The van der Waals surface area contributed by atoms with E-state index in [0.29, 0.717) is 5.92 Å². The van der Waals surface area contributed by atoms with E-state index in [0.717, 1.165) is 12.1 Å². The number of benzene rings is 2. The van der Waals surface area contributed by atoms with Crippen LogP contribution in [0.2, 0.25) is 0 Å². The minimum Gasteiger partial charge on any atom is -0.256 e. The van der Waals surface area contributed by atoms with Gasteiger partial charge in [0.15, 0.2) is 0 Å². The summed E-state index contributed by atoms with van der Waals surface area (Å²) in [6.45, 7) is 4.52. The highest BCUT2D eigenvalue weighted by Gasteiger charge is 2.08. The van der Waals surface area contributed by atoms with E-state index in [-0.39, 0.29) is 0 Å². The number of hydrogen-bond donors (Lipinski definition) is 0. The van der Waals surface area contributed by atoms with Gasteiger partial charge in [0.2, 0.25) is 0 Å². The molecule has 1 heteroatoms. The van der Waals surface area contributed by atoms with Gasteiger partial charge < -0.3 is 0 Å². The number of fused-ring (bicyclic) bond motifs is 1. The third kappa shape index (κ3) is 2.44. The molecule has 0 unspecified atom stereocenters. The molecule has 0 saturated heterocycles. The highest BCUT2D eigenvalue weighted by atomic mass is 14.7. The van der Waals surface area contributed by atoms with Gasteiger partial charge in [0.25, 0.3) is 0 Å². The van der Waals surface area contributed by atoms with Crippen molar-refractivity contribution < 1.29 is 0 Å². The lowest BCUT2D eigenvalue weighted by molar-refractivity contribution is 0.650. The van der Waals surface area contributed by atoms with Crippen LogP contribution in [0.15, 0.2) is 60.8 Å². The summed E-state index contributed by atoms with van der Waals surface area (Å²) in [5, 5.41) is 2.58. The van der Waals surface area contributed by atoms with Gasteiger partial charge in [-0.2, -0.15) is 0 Å². The smallest absolute Gasteiger partial charge is 0.0780 e. The van der Waals surface area contributed by atoms with Crippen molar-refractivity contribution in [3.8, 4) is 11.3 Å². The highest BCUT2D eigenvalue weighted by Crippen LogP contribution is 2.29. The van der Waals surface area contributed by atoms with E-state index in [1.54, 1.807) is 0 Å². The Labute approximate surface area is 120 Å². The van der Waals surface area contributed by atoms with Crippen LogP contribution in [0.25, 0.3) is 22.0 Å². The van der Waals surface area contributed by atoms with Gasteiger partial charge in [0, 0.05) is 17.1 Å². The average molecular weight is 261 g/mol. The lowest BCUT2D eigenvalue weighted by Crippen LogP contribution is -1.96. The van der Waals surface area contributed by atoms with Crippen molar-refractivity contribution in [3.05, 3.63) is 66.4 Å². The molecule has 0 radical (unpaired) electrons. The summed E-state index contributed by atoms with van der Waals surface area (Å²) < 4.78 is 0. The van der Waals surface area contributed by atoms with E-state index in [1.807, 2.05) is 12.3 Å². The van der Waals surface area contributed by atoms with E-state index in [2.05, 4.69) is 67.4 Å². The number of rotatable bonds is 3. The maximum absolute atomic E-state index is 4.60. The fraction of sp³-hybridized carbons (Fsp3) is 0.211. The van der Waals surface area contributed by atoms with Crippen molar-refractivity contribution in [1.82, 2.24) is 4.98 Å². The molecule has 3 aromatic rings. The van der Waals surface area contributed by atoms with Crippen molar-refractivity contribution in [2.75, 3.05) is 0 Å². The Balaban J connectivity index is 2.21. The fourth-order valence-electron chi connectivity index (χ4n) is 2.72. The van der Waals surface area contributed by atoms with Gasteiger partial charge in [-0.3, -0.25) is 4.98 Å². The van der Waals surface area contributed by atoms with Crippen LogP contribution >= 0.6 is 0 Å². The Bertz CT molecular complexity index is 714. The Kier molecular flexibility index (Phi) is 3.51. The van der Waals surface area contributed by atoms with Gasteiger partial charge in [-0.15, -0.1) is 0 Å². The Morgan fingerprint density at radius 1 is 0.850 bits per heavy atom. The molecule has 100 valence electrons. The van der Waals surface area contributed by atoms with Crippen molar-refractivity contribution >= 4 is 10.8 Å². The topological polar surface area (TPSA) is 12.9 Å². The van der Waals surface area contributed by atoms with Crippen LogP contribution in [0.5, 0.6) is 0 Å². The minimum atomic E-state index is 0.661. The molecule has 0 atom stereocenters. The standard InChI is InChI=1S/C19H19N/c1-14(2)13-16-9-6-10-18-17(16)11-12-20-19(18)15-7-4-3-5-8-15/h3-12,14H,13H2,1-2H3. The third-order valence-corrected chi connectivity index (χ3v) is 3.57. The number of aromatic nitrogens is 1. The zero-order chi connectivity index (χ0) is 13.9. The second-order valence-corrected chi connectivity index (χ2v) is 5.64. The predicted octanol–water partition coefficient (Wildman–Crippen LogP) is 5.10. The quantitative estimate of drug-likeness (QED) is 0.639. The lowest BCUT2D eigenvalue weighted by atomic mass is 9.95. The summed E-state index contributed by atoms with van der Waals surface area (Å²) in [4.78, 5) is 4.60. The van der Waals surface area contributed by atoms with E-state index < -0.39 is 0 Å². The summed E-state index contributed by atoms with van der Waals surface area (Å²) in [7, 11) is 0. The van der Waals surface area contributed by atoms with Gasteiger partial charge in [-0.05, 0) is 29.4 Å². The summed E-state index contributed by atoms with van der Waals surface area (Å²) in [6.07, 6.45) is 3.03. The summed E-state index contributed by atoms with van der Waals surface area (Å²) in [5.74, 6) is 0.661. The van der Waals surface area contributed by atoms with Crippen LogP contribution in [0.1, 0.15) is 19.4 Å². The molecule has 3 rings (SSSR count). The SMILES string of the molecule is CC(C)Cc1cccc2c(-c3ccccc3)nccc12. The summed E-state index contributed by atoms with van der Waals surface area (Å²) >= 11 is 0. The average Bonchev–Trinajstić information content (AvgIpc) is 2.47. The second-order valence-electron chi connectivity index (χ2n) is 5.64. The predicted molar refractivity (Wildman–Crippen MR) is 85.7 cm³/mol. The summed E-state index contributed by atoms with van der Waals surface area (Å²) in [6, 6.07) is 19.1. The monoisotopic (exact) mass is 261 g/mol. The minimum absolute atomic E-state index is 0.661. The van der Waals surface area contributed by atoms with Crippen molar-refractivity contribution in [3.63, 3.8) is 0 Å². The van der Waals surface area contributed by atoms with Gasteiger partial charge >= 0.3 is 0 Å². The molecular formula is C19H19N. The van der Waals surface area contributed by atoms with Gasteiger partial charge in [0.05, 0.1) is 5.69 Å². The van der Waals surface area contributed by atoms with Crippen molar-refractivity contribution in [2.45, 2.75) is 20.3 Å². The molecule has 0 bridgehead atoms. The Hall–Kier alpha value is -2.15. The molecule has 0 N–H and O–H groups in total. The van der Waals surface area contributed by atoms with Crippen LogP contribution in [0, 0.1) is 5.92 Å². The summed E-state index contributed by atoms with van der Waals surface area (Å²) in [5.41, 5.74) is 3.67. The fourth-order valence-corrected chi connectivity index (χ4v) is 2.72. The molecular weight excluding hydrogens is 242 g/mol. The molecule has 2 aromatic carbocycles. The molecule has 1 aromatic heterocycles. The van der Waals surface area contributed by atoms with Gasteiger partial charge in [0.1, 0.15) is 0 Å². The van der Waals surface area contributed by atoms with Crippen LogP contribution in [0.3, 0.4) is 0 Å². The zero-order valence-electron chi connectivity index (χ0n) is 12.0. The Morgan fingerprint density at radius 3 is 2.40 bits per heavy atom. The van der Waals surface area contributed by atoms with Crippen LogP contribution in [0.4, 0.5) is 0 Å². The maximum atomic E-state index is 4.60. The first-order chi connectivity index (χ1) is 9.75. The van der Waals surface area contributed by atoms with Gasteiger partial charge in [-0.1, -0.05) is 62.4 Å². The van der Waals surface area contributed by atoms with E-state index in [1.165, 1.54) is 21.9 Å². The van der Waals surface area contributed by atoms with Gasteiger partial charge in [-0.25, -0.2) is 0 Å². The maximum Gasteiger partial charge on any atom is 0.0780 e. The molecule has 0 aliphatic heterocycles. The first kappa shape index (κ1) is 12.9. The van der Waals surface area contributed by atoms with Crippen LogP contribution in [-0.2, 0) is 6.42 Å². The first-order valence-electron chi connectivity index (χ1n) is 7.18. The third-order valence-electron chi connectivity index (χ3n) is 3.57. The largest absolute Gasteiger partial charge is 0.256 e. The molecule has 0 fully saturated rings. The van der Waals surface area contributed by atoms with Crippen LogP contribution < -0.4 is 0 Å². The number of hydrogen-bond acceptors (Lipinski definition) is 1. The molecule has 1 nitrogen and oxygen atoms in total. The first-order valence-corrected chi connectivity index (χ1v) is 7.18. The van der Waals surface area contributed by atoms with Crippen molar-refractivity contribution in [2.24, 2.45) is 5.92 Å². The molecule has 0 aliphatic carbocycles. The molecule has 0 amide bonds. The number of pyridine rings is 1. The molecule has 0 aliphatic rings.